The van der Waals surface area contributed by atoms with Crippen molar-refractivity contribution in [2.24, 2.45) is 0 Å². The van der Waals surface area contributed by atoms with Crippen LogP contribution in [-0.2, 0) is 27.4 Å². The Labute approximate surface area is 188 Å². The lowest BCUT2D eigenvalue weighted by atomic mass is 10.1. The minimum absolute atomic E-state index is 0.0646. The van der Waals surface area contributed by atoms with Crippen molar-refractivity contribution in [2.75, 3.05) is 26.3 Å². The number of morpholine rings is 1. The Morgan fingerprint density at radius 1 is 1.06 bits per heavy atom. The van der Waals surface area contributed by atoms with Gasteiger partial charge in [0.1, 0.15) is 12.4 Å². The summed E-state index contributed by atoms with van der Waals surface area (Å²) in [5, 5.41) is 3.46. The molecule has 0 unspecified atom stereocenters. The summed E-state index contributed by atoms with van der Waals surface area (Å²) >= 11 is 6.01. The highest BCUT2D eigenvalue weighted by Crippen LogP contribution is 2.23. The number of ether oxygens (including phenoxy) is 1. The van der Waals surface area contributed by atoms with Gasteiger partial charge in [0.05, 0.1) is 18.8 Å². The number of carbonyl (C=O) groups is 3. The topological polar surface area (TPSA) is 80.6 Å². The van der Waals surface area contributed by atoms with E-state index >= 15 is 0 Å². The number of hydrogen-bond donors (Lipinski definition) is 1. The molecular formula is C23H21ClFN3O4. The van der Waals surface area contributed by atoms with Crippen molar-refractivity contribution in [3.63, 3.8) is 0 Å². The third-order valence-electron chi connectivity index (χ3n) is 5.36. The van der Waals surface area contributed by atoms with Gasteiger partial charge in [0.2, 0.25) is 5.91 Å². The molecule has 1 aromatic heterocycles. The van der Waals surface area contributed by atoms with Crippen LogP contribution < -0.4 is 5.32 Å². The van der Waals surface area contributed by atoms with Crippen molar-refractivity contribution in [1.29, 1.82) is 0 Å². The van der Waals surface area contributed by atoms with Crippen molar-refractivity contribution >= 4 is 40.1 Å². The number of nitrogens with one attached hydrogen (secondary N) is 1. The highest BCUT2D eigenvalue weighted by atomic mass is 35.5. The number of para-hydroxylation sites is 1. The van der Waals surface area contributed by atoms with Crippen molar-refractivity contribution in [1.82, 2.24) is 14.8 Å². The van der Waals surface area contributed by atoms with Crippen LogP contribution in [0.1, 0.15) is 15.9 Å². The number of halogens is 2. The van der Waals surface area contributed by atoms with Crippen LogP contribution in [0.3, 0.4) is 0 Å². The molecule has 1 aliphatic heterocycles. The second-order valence-corrected chi connectivity index (χ2v) is 7.81. The molecule has 9 heteroatoms. The number of nitrogens with zero attached hydrogens (tertiary/aromatic N) is 2. The molecule has 1 aliphatic rings. The maximum Gasteiger partial charge on any atom is 0.295 e. The summed E-state index contributed by atoms with van der Waals surface area (Å²) in [6.45, 7) is 1.35. The zero-order chi connectivity index (χ0) is 22.7. The van der Waals surface area contributed by atoms with Gasteiger partial charge >= 0.3 is 0 Å². The fraction of sp³-hybridized carbons (Fsp3) is 0.261. The van der Waals surface area contributed by atoms with E-state index in [4.69, 9.17) is 16.3 Å². The number of carbonyl (C=O) groups excluding carboxylic acids is 3. The SMILES string of the molecule is O=C(Cn1cc(C(=O)C(=O)N2CCOCC2)c2ccccc21)NCc1c(F)cccc1Cl. The molecule has 166 valence electrons. The third-order valence-corrected chi connectivity index (χ3v) is 5.72. The molecule has 7 nitrogen and oxygen atoms in total. The first-order chi connectivity index (χ1) is 15.5. The average Bonchev–Trinajstić information content (AvgIpc) is 3.16. The lowest BCUT2D eigenvalue weighted by molar-refractivity contribution is -0.130. The van der Waals surface area contributed by atoms with Gasteiger partial charge in [-0.05, 0) is 18.2 Å². The summed E-state index contributed by atoms with van der Waals surface area (Å²) in [6, 6.07) is 11.4. The number of rotatable bonds is 6. The monoisotopic (exact) mass is 457 g/mol. The van der Waals surface area contributed by atoms with Crippen molar-refractivity contribution in [3.05, 3.63) is 70.6 Å². The average molecular weight is 458 g/mol. The van der Waals surface area contributed by atoms with Crippen LogP contribution in [0.2, 0.25) is 5.02 Å². The zero-order valence-corrected chi connectivity index (χ0v) is 17.9. The van der Waals surface area contributed by atoms with Gasteiger partial charge in [0.25, 0.3) is 11.7 Å². The quantitative estimate of drug-likeness (QED) is 0.456. The highest BCUT2D eigenvalue weighted by molar-refractivity contribution is 6.44. The van der Waals surface area contributed by atoms with Gasteiger partial charge in [-0.3, -0.25) is 14.4 Å². The third kappa shape index (κ3) is 4.51. The fourth-order valence-corrected chi connectivity index (χ4v) is 3.91. The van der Waals surface area contributed by atoms with Crippen molar-refractivity contribution in [2.45, 2.75) is 13.1 Å². The molecule has 1 saturated heterocycles. The van der Waals surface area contributed by atoms with Crippen LogP contribution in [0.5, 0.6) is 0 Å². The summed E-state index contributed by atoms with van der Waals surface area (Å²) in [5.74, 6) is -2.10. The van der Waals surface area contributed by atoms with E-state index in [1.807, 2.05) is 0 Å². The van der Waals surface area contributed by atoms with Crippen molar-refractivity contribution < 1.29 is 23.5 Å². The number of ketones is 1. The first kappa shape index (κ1) is 22.0. The van der Waals surface area contributed by atoms with E-state index in [0.717, 1.165) is 0 Å². The lowest BCUT2D eigenvalue weighted by Gasteiger charge is -2.25. The number of hydrogen-bond acceptors (Lipinski definition) is 4. The Morgan fingerprint density at radius 2 is 1.81 bits per heavy atom. The Morgan fingerprint density at radius 3 is 2.56 bits per heavy atom. The standard InChI is InChI=1S/C23H21ClFN3O4/c24-18-5-3-6-19(25)16(18)12-26-21(29)14-28-13-17(15-4-1-2-7-20(15)28)22(30)23(31)27-8-10-32-11-9-27/h1-7,13H,8-12,14H2,(H,26,29). The van der Waals surface area contributed by atoms with Crippen LogP contribution in [0.15, 0.2) is 48.7 Å². The molecule has 2 aromatic carbocycles. The van der Waals surface area contributed by atoms with E-state index in [-0.39, 0.29) is 35.1 Å². The van der Waals surface area contributed by atoms with E-state index in [1.165, 1.54) is 23.2 Å². The fourth-order valence-electron chi connectivity index (χ4n) is 3.68. The molecule has 3 aromatic rings. The first-order valence-electron chi connectivity index (χ1n) is 10.1. The Bertz CT molecular complexity index is 1170. The predicted molar refractivity (Wildman–Crippen MR) is 117 cm³/mol. The second kappa shape index (κ2) is 9.50. The number of benzene rings is 2. The maximum absolute atomic E-state index is 13.9. The van der Waals surface area contributed by atoms with Gasteiger partial charge < -0.3 is 19.5 Å². The van der Waals surface area contributed by atoms with Crippen LogP contribution >= 0.6 is 11.6 Å². The van der Waals surface area contributed by atoms with E-state index in [9.17, 15) is 18.8 Å². The Hall–Kier alpha value is -3.23. The first-order valence-corrected chi connectivity index (χ1v) is 10.5. The van der Waals surface area contributed by atoms with E-state index in [0.29, 0.717) is 37.2 Å². The van der Waals surface area contributed by atoms with Gasteiger partial charge in [-0.15, -0.1) is 0 Å². The number of amides is 2. The van der Waals surface area contributed by atoms with Crippen molar-refractivity contribution in [3.8, 4) is 0 Å². The molecule has 0 bridgehead atoms. The summed E-state index contributed by atoms with van der Waals surface area (Å²) in [4.78, 5) is 39.6. The Kier molecular flexibility index (Phi) is 6.53. The molecule has 2 heterocycles. The molecule has 2 amide bonds. The van der Waals surface area contributed by atoms with Gasteiger partial charge in [-0.2, -0.15) is 0 Å². The normalized spacial score (nSPS) is 13.9. The van der Waals surface area contributed by atoms with E-state index in [2.05, 4.69) is 5.32 Å². The van der Waals surface area contributed by atoms with Crippen LogP contribution in [-0.4, -0.2) is 53.4 Å². The summed E-state index contributed by atoms with van der Waals surface area (Å²) in [5.41, 5.74) is 1.08. The van der Waals surface area contributed by atoms with Crippen LogP contribution in [0, 0.1) is 5.82 Å². The van der Waals surface area contributed by atoms with Gasteiger partial charge in [0.15, 0.2) is 0 Å². The molecule has 1 fully saturated rings. The minimum atomic E-state index is -0.625. The summed E-state index contributed by atoms with van der Waals surface area (Å²) in [6.07, 6.45) is 1.51. The van der Waals surface area contributed by atoms with Gasteiger partial charge in [-0.25, -0.2) is 4.39 Å². The van der Waals surface area contributed by atoms with Crippen LogP contribution in [0.25, 0.3) is 10.9 Å². The highest BCUT2D eigenvalue weighted by Gasteiger charge is 2.27. The lowest BCUT2D eigenvalue weighted by Crippen LogP contribution is -2.44. The molecule has 32 heavy (non-hydrogen) atoms. The maximum atomic E-state index is 13.9. The largest absolute Gasteiger partial charge is 0.378 e. The molecule has 0 atom stereocenters. The second-order valence-electron chi connectivity index (χ2n) is 7.40. The van der Waals surface area contributed by atoms with E-state index < -0.39 is 17.5 Å². The number of aromatic nitrogens is 1. The van der Waals surface area contributed by atoms with E-state index in [1.54, 1.807) is 34.9 Å². The molecule has 0 saturated carbocycles. The minimum Gasteiger partial charge on any atom is -0.378 e. The molecule has 0 aliphatic carbocycles. The molecule has 1 N–H and O–H groups in total. The molecular weight excluding hydrogens is 437 g/mol. The predicted octanol–water partition coefficient (Wildman–Crippen LogP) is 2.79. The smallest absolute Gasteiger partial charge is 0.295 e. The van der Waals surface area contributed by atoms with Gasteiger partial charge in [-0.1, -0.05) is 35.9 Å². The molecule has 0 spiro atoms. The number of fused-ring (bicyclic) bond motifs is 1. The Balaban J connectivity index is 1.52. The molecule has 4 rings (SSSR count). The summed E-state index contributed by atoms with van der Waals surface area (Å²) < 4.78 is 20.8. The van der Waals surface area contributed by atoms with Crippen LogP contribution in [0.4, 0.5) is 4.39 Å². The summed E-state index contributed by atoms with van der Waals surface area (Å²) in [7, 11) is 0. The molecule has 0 radical (unpaired) electrons. The zero-order valence-electron chi connectivity index (χ0n) is 17.1. The number of Topliss-reactive ketones (excluding diaryl/α,β-unsaturated/α-hetero) is 1. The van der Waals surface area contributed by atoms with Gasteiger partial charge in [0, 0.05) is 47.3 Å².